The topological polar surface area (TPSA) is 20.2 Å². The van der Waals surface area contributed by atoms with E-state index in [4.69, 9.17) is 0 Å². The highest BCUT2D eigenvalue weighted by molar-refractivity contribution is 4.65. The summed E-state index contributed by atoms with van der Waals surface area (Å²) in [6, 6.07) is 0. The Labute approximate surface area is 145 Å². The van der Waals surface area contributed by atoms with E-state index in [9.17, 15) is 9.50 Å². The quantitative estimate of drug-likeness (QED) is 0.255. The van der Waals surface area contributed by atoms with Gasteiger partial charge in [0, 0.05) is 12.8 Å². The Bertz CT molecular complexity index is 228. The van der Waals surface area contributed by atoms with Gasteiger partial charge in [-0.3, -0.25) is 0 Å². The predicted octanol–water partition coefficient (Wildman–Crippen LogP) is 7.71. The first-order valence-corrected chi connectivity index (χ1v) is 10.5. The number of aliphatic hydroxyl groups is 1. The fraction of sp³-hybridized carbons (Fsp3) is 1.00. The second-order valence-electron chi connectivity index (χ2n) is 7.37. The molecule has 0 aliphatic heterocycles. The van der Waals surface area contributed by atoms with Crippen LogP contribution in [0.15, 0.2) is 0 Å². The van der Waals surface area contributed by atoms with E-state index in [1.165, 1.54) is 64.2 Å². The number of hydrogen-bond donors (Lipinski definition) is 1. The summed E-state index contributed by atoms with van der Waals surface area (Å²) in [5.41, 5.74) is 0. The molecule has 1 unspecified atom stereocenters. The lowest BCUT2D eigenvalue weighted by atomic mass is 10.0. The van der Waals surface area contributed by atoms with Gasteiger partial charge in [0.1, 0.15) is 0 Å². The first kappa shape index (κ1) is 22.9. The molecule has 0 rings (SSSR count). The standard InChI is InChI=1S/C21H43FO/c1-3-5-7-9-10-11-12-13-14-15-16-18-20-21(22,23)19-17-8-6-4-2/h23H,3-20H2,1-2H3. The fourth-order valence-electron chi connectivity index (χ4n) is 3.18. The number of alkyl halides is 1. The van der Waals surface area contributed by atoms with Crippen LogP contribution in [0.2, 0.25) is 0 Å². The minimum atomic E-state index is -1.91. The van der Waals surface area contributed by atoms with Crippen LogP contribution in [0.25, 0.3) is 0 Å². The van der Waals surface area contributed by atoms with Crippen LogP contribution >= 0.6 is 0 Å². The Balaban J connectivity index is 3.25. The molecule has 1 N–H and O–H groups in total. The van der Waals surface area contributed by atoms with E-state index in [2.05, 4.69) is 13.8 Å². The van der Waals surface area contributed by atoms with Crippen LogP contribution in [0.3, 0.4) is 0 Å². The summed E-state index contributed by atoms with van der Waals surface area (Å²) in [4.78, 5) is 0. The van der Waals surface area contributed by atoms with Crippen LogP contribution in [0, 0.1) is 0 Å². The van der Waals surface area contributed by atoms with E-state index >= 15 is 0 Å². The van der Waals surface area contributed by atoms with Gasteiger partial charge in [-0.2, -0.15) is 0 Å². The second-order valence-corrected chi connectivity index (χ2v) is 7.37. The average molecular weight is 331 g/mol. The molecule has 1 nitrogen and oxygen atoms in total. The first-order chi connectivity index (χ1) is 11.1. The summed E-state index contributed by atoms with van der Waals surface area (Å²) in [5.74, 6) is -1.91. The maximum absolute atomic E-state index is 13.9. The van der Waals surface area contributed by atoms with E-state index in [1.54, 1.807) is 0 Å². The van der Waals surface area contributed by atoms with Crippen molar-refractivity contribution >= 4 is 0 Å². The van der Waals surface area contributed by atoms with E-state index in [1.807, 2.05) is 0 Å². The third-order valence-electron chi connectivity index (χ3n) is 4.83. The predicted molar refractivity (Wildman–Crippen MR) is 101 cm³/mol. The summed E-state index contributed by atoms with van der Waals surface area (Å²) in [5, 5.41) is 9.71. The van der Waals surface area contributed by atoms with Crippen molar-refractivity contribution in [3.05, 3.63) is 0 Å². The van der Waals surface area contributed by atoms with Crippen LogP contribution in [-0.2, 0) is 0 Å². The first-order valence-electron chi connectivity index (χ1n) is 10.5. The fourth-order valence-corrected chi connectivity index (χ4v) is 3.18. The molecule has 0 fully saturated rings. The molecular weight excluding hydrogens is 287 g/mol. The van der Waals surface area contributed by atoms with Crippen LogP contribution in [0.5, 0.6) is 0 Å². The lowest BCUT2D eigenvalue weighted by Gasteiger charge is -2.18. The summed E-state index contributed by atoms with van der Waals surface area (Å²) in [6.07, 6.45) is 20.2. The van der Waals surface area contributed by atoms with Gasteiger partial charge in [-0.1, -0.05) is 104 Å². The van der Waals surface area contributed by atoms with Crippen LogP contribution < -0.4 is 0 Å². The molecule has 0 radical (unpaired) electrons. The van der Waals surface area contributed by atoms with Crippen LogP contribution in [-0.4, -0.2) is 11.0 Å². The van der Waals surface area contributed by atoms with Crippen molar-refractivity contribution in [3.8, 4) is 0 Å². The minimum absolute atomic E-state index is 0.324. The number of rotatable bonds is 18. The van der Waals surface area contributed by atoms with Gasteiger partial charge in [-0.05, 0) is 12.8 Å². The Kier molecular flexibility index (Phi) is 16.7. The third-order valence-corrected chi connectivity index (χ3v) is 4.83. The molecule has 0 saturated carbocycles. The molecule has 0 bridgehead atoms. The highest BCUT2D eigenvalue weighted by Gasteiger charge is 2.23. The number of unbranched alkanes of at least 4 members (excludes halogenated alkanes) is 14. The molecule has 0 amide bonds. The zero-order valence-electron chi connectivity index (χ0n) is 16.1. The van der Waals surface area contributed by atoms with Crippen molar-refractivity contribution in [3.63, 3.8) is 0 Å². The Morgan fingerprint density at radius 1 is 0.522 bits per heavy atom. The molecular formula is C21H43FO. The maximum atomic E-state index is 13.9. The van der Waals surface area contributed by atoms with Gasteiger partial charge in [-0.25, -0.2) is 4.39 Å². The molecule has 0 aromatic carbocycles. The molecule has 0 aromatic heterocycles. The van der Waals surface area contributed by atoms with Gasteiger partial charge in [0.2, 0.25) is 5.85 Å². The third kappa shape index (κ3) is 18.1. The van der Waals surface area contributed by atoms with Gasteiger partial charge in [0.05, 0.1) is 0 Å². The van der Waals surface area contributed by atoms with Crippen molar-refractivity contribution in [1.82, 2.24) is 0 Å². The normalized spacial score (nSPS) is 14.1. The van der Waals surface area contributed by atoms with Crippen LogP contribution in [0.4, 0.5) is 4.39 Å². The maximum Gasteiger partial charge on any atom is 0.206 e. The van der Waals surface area contributed by atoms with Crippen molar-refractivity contribution in [2.24, 2.45) is 0 Å². The van der Waals surface area contributed by atoms with Crippen LogP contribution in [0.1, 0.15) is 129 Å². The Morgan fingerprint density at radius 2 is 0.783 bits per heavy atom. The second kappa shape index (κ2) is 16.7. The largest absolute Gasteiger partial charge is 0.362 e. The average Bonchev–Trinajstić information content (AvgIpc) is 2.52. The molecule has 0 aromatic rings. The van der Waals surface area contributed by atoms with Gasteiger partial charge in [0.25, 0.3) is 0 Å². The minimum Gasteiger partial charge on any atom is -0.362 e. The van der Waals surface area contributed by atoms with E-state index in [0.717, 1.165) is 38.5 Å². The van der Waals surface area contributed by atoms with Crippen molar-refractivity contribution in [2.75, 3.05) is 0 Å². The zero-order valence-corrected chi connectivity index (χ0v) is 16.1. The molecule has 0 heterocycles. The summed E-state index contributed by atoms with van der Waals surface area (Å²) in [6.45, 7) is 4.41. The van der Waals surface area contributed by atoms with Crippen molar-refractivity contribution < 1.29 is 9.50 Å². The summed E-state index contributed by atoms with van der Waals surface area (Å²) < 4.78 is 13.9. The van der Waals surface area contributed by atoms with E-state index < -0.39 is 5.85 Å². The molecule has 140 valence electrons. The number of hydrogen-bond acceptors (Lipinski definition) is 1. The highest BCUT2D eigenvalue weighted by atomic mass is 19.2. The number of halogens is 1. The molecule has 0 aliphatic rings. The smallest absolute Gasteiger partial charge is 0.206 e. The zero-order chi connectivity index (χ0) is 17.2. The SMILES string of the molecule is CCCCCCCCCCCCCCC(O)(F)CCCCCC. The van der Waals surface area contributed by atoms with Gasteiger partial charge < -0.3 is 5.11 Å². The van der Waals surface area contributed by atoms with Gasteiger partial charge >= 0.3 is 0 Å². The molecule has 23 heavy (non-hydrogen) atoms. The highest BCUT2D eigenvalue weighted by Crippen LogP contribution is 2.24. The van der Waals surface area contributed by atoms with Crippen molar-refractivity contribution in [2.45, 2.75) is 135 Å². The van der Waals surface area contributed by atoms with Gasteiger partial charge in [-0.15, -0.1) is 0 Å². The van der Waals surface area contributed by atoms with Gasteiger partial charge in [0.15, 0.2) is 0 Å². The monoisotopic (exact) mass is 330 g/mol. The summed E-state index contributed by atoms with van der Waals surface area (Å²) >= 11 is 0. The lowest BCUT2D eigenvalue weighted by Crippen LogP contribution is -2.21. The molecule has 2 heteroatoms. The van der Waals surface area contributed by atoms with Crippen molar-refractivity contribution in [1.29, 1.82) is 0 Å². The molecule has 1 atom stereocenters. The van der Waals surface area contributed by atoms with E-state index in [0.29, 0.717) is 12.8 Å². The molecule has 0 aliphatic carbocycles. The Morgan fingerprint density at radius 3 is 1.13 bits per heavy atom. The van der Waals surface area contributed by atoms with E-state index in [-0.39, 0.29) is 0 Å². The molecule has 0 spiro atoms. The summed E-state index contributed by atoms with van der Waals surface area (Å²) in [7, 11) is 0. The Hall–Kier alpha value is -0.110. The molecule has 0 saturated heterocycles. The lowest BCUT2D eigenvalue weighted by molar-refractivity contribution is -0.103.